The monoisotopic (exact) mass is 434 g/mol. The molecule has 1 aliphatic heterocycles. The van der Waals surface area contributed by atoms with E-state index in [-0.39, 0.29) is 29.6 Å². The van der Waals surface area contributed by atoms with E-state index >= 15 is 0 Å². The highest BCUT2D eigenvalue weighted by Crippen LogP contribution is 2.68. The summed E-state index contributed by atoms with van der Waals surface area (Å²) in [6.07, 6.45) is 9.54. The van der Waals surface area contributed by atoms with E-state index in [9.17, 15) is 15.0 Å². The van der Waals surface area contributed by atoms with Crippen molar-refractivity contribution < 1.29 is 24.9 Å². The third-order valence-electron chi connectivity index (χ3n) is 11.1. The van der Waals surface area contributed by atoms with Crippen molar-refractivity contribution in [1.82, 2.24) is 0 Å². The second-order valence-electron chi connectivity index (χ2n) is 12.4. The van der Waals surface area contributed by atoms with Crippen LogP contribution in [0.1, 0.15) is 85.0 Å². The fourth-order valence-corrected chi connectivity index (χ4v) is 9.46. The number of carboxylic acid groups (broad SMARTS) is 1. The summed E-state index contributed by atoms with van der Waals surface area (Å²) in [7, 11) is 0. The summed E-state index contributed by atoms with van der Waals surface area (Å²) >= 11 is 0. The first kappa shape index (κ1) is 22.2. The lowest BCUT2D eigenvalue weighted by atomic mass is 9.44. The molecule has 5 aliphatic rings. The summed E-state index contributed by atoms with van der Waals surface area (Å²) in [4.78, 5) is 11.1. The van der Waals surface area contributed by atoms with Gasteiger partial charge in [-0.15, -0.1) is 0 Å². The van der Waals surface area contributed by atoms with E-state index in [1.54, 1.807) is 0 Å². The smallest absolute Gasteiger partial charge is 0.335 e. The minimum atomic E-state index is -0.818. The van der Waals surface area contributed by atoms with Crippen LogP contribution in [0.5, 0.6) is 0 Å². The van der Waals surface area contributed by atoms with Crippen molar-refractivity contribution in [3.8, 4) is 0 Å². The van der Waals surface area contributed by atoms with E-state index in [4.69, 9.17) is 9.84 Å². The zero-order valence-electron chi connectivity index (χ0n) is 19.5. The molecular formula is C26H42O5. The second-order valence-corrected chi connectivity index (χ2v) is 12.4. The zero-order chi connectivity index (χ0) is 22.1. The molecule has 0 aromatic carbocycles. The maximum Gasteiger partial charge on any atom is 0.335 e. The van der Waals surface area contributed by atoms with Crippen molar-refractivity contribution in [3.05, 3.63) is 0 Å². The molecule has 4 aliphatic carbocycles. The zero-order valence-corrected chi connectivity index (χ0v) is 19.5. The number of epoxide rings is 1. The fraction of sp³-hybridized carbons (Fsp3) is 0.962. The Bertz CT molecular complexity index is 710. The van der Waals surface area contributed by atoms with Crippen LogP contribution < -0.4 is 0 Å². The van der Waals surface area contributed by atoms with Crippen LogP contribution in [0, 0.1) is 46.3 Å². The summed E-state index contributed by atoms with van der Waals surface area (Å²) in [5.41, 5.74) is 0.524. The molecule has 4 saturated carbocycles. The molecule has 0 spiro atoms. The largest absolute Gasteiger partial charge is 0.479 e. The van der Waals surface area contributed by atoms with Crippen molar-refractivity contribution in [3.63, 3.8) is 0 Å². The molecule has 1 heterocycles. The van der Waals surface area contributed by atoms with E-state index in [2.05, 4.69) is 20.8 Å². The summed E-state index contributed by atoms with van der Waals surface area (Å²) in [5, 5.41) is 30.5. The van der Waals surface area contributed by atoms with Crippen LogP contribution in [0.3, 0.4) is 0 Å². The number of rotatable bonds is 5. The molecule has 3 N–H and O–H groups in total. The normalized spacial score (nSPS) is 54.4. The van der Waals surface area contributed by atoms with Gasteiger partial charge in [0.2, 0.25) is 0 Å². The molecule has 0 bridgehead atoms. The Morgan fingerprint density at radius 1 is 1.00 bits per heavy atom. The van der Waals surface area contributed by atoms with Gasteiger partial charge in [0.25, 0.3) is 0 Å². The predicted octanol–water partition coefficient (Wildman–Crippen LogP) is 4.25. The van der Waals surface area contributed by atoms with Crippen LogP contribution in [0.25, 0.3) is 0 Å². The summed E-state index contributed by atoms with van der Waals surface area (Å²) in [6, 6.07) is 0. The molecule has 5 heteroatoms. The Labute approximate surface area is 186 Å². The molecule has 0 aromatic heterocycles. The summed E-state index contributed by atoms with van der Waals surface area (Å²) in [6.45, 7) is 7.33. The van der Waals surface area contributed by atoms with E-state index in [0.717, 1.165) is 38.5 Å². The number of aliphatic hydroxyl groups is 2. The van der Waals surface area contributed by atoms with Crippen molar-refractivity contribution in [2.24, 2.45) is 46.3 Å². The third kappa shape index (κ3) is 3.49. The highest BCUT2D eigenvalue weighted by Gasteiger charge is 2.62. The molecule has 5 unspecified atom stereocenters. The van der Waals surface area contributed by atoms with E-state index in [1.807, 2.05) is 0 Å². The van der Waals surface area contributed by atoms with Crippen LogP contribution in [0.15, 0.2) is 0 Å². The molecule has 0 radical (unpaired) electrons. The second kappa shape index (κ2) is 7.70. The van der Waals surface area contributed by atoms with E-state index < -0.39 is 12.1 Å². The Balaban J connectivity index is 1.28. The van der Waals surface area contributed by atoms with Gasteiger partial charge in [-0.2, -0.15) is 0 Å². The summed E-state index contributed by atoms with van der Waals surface area (Å²) < 4.78 is 5.33. The van der Waals surface area contributed by atoms with Crippen molar-refractivity contribution in [1.29, 1.82) is 0 Å². The van der Waals surface area contributed by atoms with Gasteiger partial charge >= 0.3 is 5.97 Å². The Morgan fingerprint density at radius 2 is 1.71 bits per heavy atom. The molecule has 5 fully saturated rings. The highest BCUT2D eigenvalue weighted by molar-refractivity contribution is 5.75. The standard InChI is InChI=1S/C26H42O5/c1-14(4-7-22-23(31-22)24(29)30)17-5-6-18-16-13-21(28)20-12-15(27)8-10-26(20,3)19(16)9-11-25(17,18)2/h14-23,27-28H,4-13H2,1-3H3,(H,29,30)/t14-,15-,16?,17-,18?,19?,20+,21+,22?,23?,25-,26-/m1/s1. The van der Waals surface area contributed by atoms with Gasteiger partial charge in [0.15, 0.2) is 6.10 Å². The third-order valence-corrected chi connectivity index (χ3v) is 11.1. The minimum Gasteiger partial charge on any atom is -0.479 e. The topological polar surface area (TPSA) is 90.3 Å². The molecule has 0 amide bonds. The van der Waals surface area contributed by atoms with Gasteiger partial charge in [-0.05, 0) is 111 Å². The maximum atomic E-state index is 11.2. The molecule has 12 atom stereocenters. The lowest BCUT2D eigenvalue weighted by molar-refractivity contribution is -0.172. The van der Waals surface area contributed by atoms with Gasteiger partial charge in [-0.1, -0.05) is 20.8 Å². The van der Waals surface area contributed by atoms with Gasteiger partial charge in [0, 0.05) is 0 Å². The molecule has 5 rings (SSSR count). The first-order chi connectivity index (χ1) is 14.6. The average molecular weight is 435 g/mol. The highest BCUT2D eigenvalue weighted by atomic mass is 16.6. The first-order valence-corrected chi connectivity index (χ1v) is 12.9. The van der Waals surface area contributed by atoms with Crippen molar-refractivity contribution >= 4 is 5.97 Å². The maximum absolute atomic E-state index is 11.2. The van der Waals surface area contributed by atoms with Gasteiger partial charge in [-0.3, -0.25) is 0 Å². The fourth-order valence-electron chi connectivity index (χ4n) is 9.46. The number of carbonyl (C=O) groups is 1. The number of hydrogen-bond donors (Lipinski definition) is 3. The van der Waals surface area contributed by atoms with E-state index in [1.165, 1.54) is 25.7 Å². The number of aliphatic carboxylic acids is 1. The van der Waals surface area contributed by atoms with Crippen LogP contribution >= 0.6 is 0 Å². The lowest BCUT2D eigenvalue weighted by Crippen LogP contribution is -2.58. The Kier molecular flexibility index (Phi) is 5.50. The first-order valence-electron chi connectivity index (χ1n) is 12.9. The number of aliphatic hydroxyl groups excluding tert-OH is 2. The Morgan fingerprint density at radius 3 is 2.42 bits per heavy atom. The molecule has 1 saturated heterocycles. The predicted molar refractivity (Wildman–Crippen MR) is 117 cm³/mol. The van der Waals surface area contributed by atoms with Gasteiger partial charge in [-0.25, -0.2) is 4.79 Å². The van der Waals surface area contributed by atoms with Gasteiger partial charge < -0.3 is 20.1 Å². The molecule has 31 heavy (non-hydrogen) atoms. The average Bonchev–Trinajstić information content (AvgIpc) is 3.41. The number of fused-ring (bicyclic) bond motifs is 5. The van der Waals surface area contributed by atoms with Crippen LogP contribution in [0.4, 0.5) is 0 Å². The summed E-state index contributed by atoms with van der Waals surface area (Å²) in [5.74, 6) is 2.73. The number of carboxylic acids is 1. The number of hydrogen-bond acceptors (Lipinski definition) is 4. The molecular weight excluding hydrogens is 392 g/mol. The van der Waals surface area contributed by atoms with Gasteiger partial charge in [0.1, 0.15) is 0 Å². The van der Waals surface area contributed by atoms with Crippen molar-refractivity contribution in [2.75, 3.05) is 0 Å². The van der Waals surface area contributed by atoms with Crippen LogP contribution in [0.2, 0.25) is 0 Å². The van der Waals surface area contributed by atoms with E-state index in [0.29, 0.717) is 35.0 Å². The quantitative estimate of drug-likeness (QED) is 0.563. The molecule has 0 aromatic rings. The minimum absolute atomic E-state index is 0.0762. The van der Waals surface area contributed by atoms with Gasteiger partial charge in [0.05, 0.1) is 18.3 Å². The number of ether oxygens (including phenoxy) is 1. The molecule has 176 valence electrons. The SMILES string of the molecule is C[C@H](CCC1OC1C(=O)O)[C@H]1CCC2C3C[C@H](O)[C@@H]4C[C@H](O)CC[C@]4(C)C3CC[C@@]21C. The lowest BCUT2D eigenvalue weighted by Gasteiger charge is -2.62. The molecule has 5 nitrogen and oxygen atoms in total. The van der Waals surface area contributed by atoms with Crippen LogP contribution in [-0.2, 0) is 9.53 Å². The Hall–Kier alpha value is -0.650. The van der Waals surface area contributed by atoms with Crippen LogP contribution in [-0.4, -0.2) is 45.7 Å². The van der Waals surface area contributed by atoms with Crippen molar-refractivity contribution in [2.45, 2.75) is 109 Å².